The van der Waals surface area contributed by atoms with Gasteiger partial charge in [0.05, 0.1) is 0 Å². The van der Waals surface area contributed by atoms with Crippen LogP contribution < -0.4 is 0 Å². The Morgan fingerprint density at radius 2 is 2.00 bits per heavy atom. The maximum Gasteiger partial charge on any atom is 0.272 e. The van der Waals surface area contributed by atoms with Crippen LogP contribution in [0.2, 0.25) is 0 Å². The molecular formula is C10H15ClN2O. The maximum atomic E-state index is 11.7. The van der Waals surface area contributed by atoms with E-state index in [1.54, 1.807) is 23.2 Å². The van der Waals surface area contributed by atoms with Gasteiger partial charge in [-0.2, -0.15) is 0 Å². The van der Waals surface area contributed by atoms with E-state index in [1.165, 1.54) is 0 Å². The number of hydrogen-bond acceptors (Lipinski definition) is 2. The van der Waals surface area contributed by atoms with Crippen molar-refractivity contribution in [3.63, 3.8) is 0 Å². The molecule has 0 fully saturated rings. The van der Waals surface area contributed by atoms with Gasteiger partial charge >= 0.3 is 0 Å². The molecule has 0 saturated carbocycles. The van der Waals surface area contributed by atoms with E-state index < -0.39 is 0 Å². The second-order valence-corrected chi connectivity index (χ2v) is 2.69. The summed E-state index contributed by atoms with van der Waals surface area (Å²) in [4.78, 5) is 17.4. The summed E-state index contributed by atoms with van der Waals surface area (Å²) in [6.07, 6.45) is 1.64. The van der Waals surface area contributed by atoms with Crippen molar-refractivity contribution in [3.8, 4) is 0 Å². The molecule has 0 aromatic carbocycles. The SMILES string of the molecule is CCN(CC)C(=O)c1ccccn1.Cl. The largest absolute Gasteiger partial charge is 0.338 e. The lowest BCUT2D eigenvalue weighted by atomic mass is 10.3. The van der Waals surface area contributed by atoms with Gasteiger partial charge in [-0.15, -0.1) is 12.4 Å². The third-order valence-electron chi connectivity index (χ3n) is 1.93. The van der Waals surface area contributed by atoms with Crippen LogP contribution in [0.3, 0.4) is 0 Å². The van der Waals surface area contributed by atoms with E-state index in [0.29, 0.717) is 5.69 Å². The highest BCUT2D eigenvalue weighted by molar-refractivity contribution is 5.92. The van der Waals surface area contributed by atoms with E-state index in [4.69, 9.17) is 0 Å². The van der Waals surface area contributed by atoms with Crippen LogP contribution >= 0.6 is 12.4 Å². The minimum Gasteiger partial charge on any atom is -0.338 e. The van der Waals surface area contributed by atoms with Gasteiger partial charge in [-0.3, -0.25) is 9.78 Å². The number of rotatable bonds is 3. The molecule has 0 bridgehead atoms. The molecule has 1 amide bonds. The Bertz CT molecular complexity index is 273. The fourth-order valence-corrected chi connectivity index (χ4v) is 1.16. The minimum atomic E-state index is 0. The smallest absolute Gasteiger partial charge is 0.272 e. The van der Waals surface area contributed by atoms with Crippen LogP contribution in [0.4, 0.5) is 0 Å². The second kappa shape index (κ2) is 6.38. The molecule has 0 saturated heterocycles. The lowest BCUT2D eigenvalue weighted by molar-refractivity contribution is 0.0767. The van der Waals surface area contributed by atoms with Gasteiger partial charge in [0.1, 0.15) is 5.69 Å². The molecular weight excluding hydrogens is 200 g/mol. The van der Waals surface area contributed by atoms with E-state index >= 15 is 0 Å². The third kappa shape index (κ3) is 3.00. The number of pyridine rings is 1. The summed E-state index contributed by atoms with van der Waals surface area (Å²) in [5.41, 5.74) is 0.520. The molecule has 0 unspecified atom stereocenters. The first-order valence-corrected chi connectivity index (χ1v) is 4.49. The van der Waals surface area contributed by atoms with Crippen LogP contribution in [0, 0.1) is 0 Å². The van der Waals surface area contributed by atoms with Crippen LogP contribution in [0.5, 0.6) is 0 Å². The zero-order chi connectivity index (χ0) is 9.68. The Labute approximate surface area is 90.6 Å². The molecule has 3 nitrogen and oxygen atoms in total. The van der Waals surface area contributed by atoms with Gasteiger partial charge in [0.2, 0.25) is 0 Å². The number of aromatic nitrogens is 1. The minimum absolute atomic E-state index is 0. The van der Waals surface area contributed by atoms with Crippen LogP contribution in [0.1, 0.15) is 24.3 Å². The van der Waals surface area contributed by atoms with Crippen molar-refractivity contribution in [2.24, 2.45) is 0 Å². The van der Waals surface area contributed by atoms with E-state index in [0.717, 1.165) is 13.1 Å². The lowest BCUT2D eigenvalue weighted by Gasteiger charge is -2.17. The predicted octanol–water partition coefficient (Wildman–Crippen LogP) is 1.99. The van der Waals surface area contributed by atoms with Crippen molar-refractivity contribution in [1.29, 1.82) is 0 Å². The summed E-state index contributed by atoms with van der Waals surface area (Å²) in [5, 5.41) is 0. The summed E-state index contributed by atoms with van der Waals surface area (Å²) in [5.74, 6) is 0.00519. The van der Waals surface area contributed by atoms with Crippen molar-refractivity contribution in [3.05, 3.63) is 30.1 Å². The lowest BCUT2D eigenvalue weighted by Crippen LogP contribution is -2.30. The number of hydrogen-bond donors (Lipinski definition) is 0. The first-order chi connectivity index (χ1) is 6.29. The Balaban J connectivity index is 0.00000169. The van der Waals surface area contributed by atoms with Gasteiger partial charge in [0, 0.05) is 19.3 Å². The standard InChI is InChI=1S/C10H14N2O.ClH/c1-3-12(4-2)10(13)9-7-5-6-8-11-9;/h5-8H,3-4H2,1-2H3;1H. The highest BCUT2D eigenvalue weighted by atomic mass is 35.5. The van der Waals surface area contributed by atoms with Crippen LogP contribution in [-0.4, -0.2) is 28.9 Å². The quantitative estimate of drug-likeness (QED) is 0.771. The summed E-state index contributed by atoms with van der Waals surface area (Å²) >= 11 is 0. The molecule has 0 N–H and O–H groups in total. The Hall–Kier alpha value is -1.09. The number of carbonyl (C=O) groups excluding carboxylic acids is 1. The van der Waals surface area contributed by atoms with Gasteiger partial charge in [0.15, 0.2) is 0 Å². The summed E-state index contributed by atoms with van der Waals surface area (Å²) in [6, 6.07) is 5.36. The summed E-state index contributed by atoms with van der Waals surface area (Å²) < 4.78 is 0. The average molecular weight is 215 g/mol. The second-order valence-electron chi connectivity index (χ2n) is 2.69. The number of amides is 1. The van der Waals surface area contributed by atoms with Crippen molar-refractivity contribution in [2.75, 3.05) is 13.1 Å². The van der Waals surface area contributed by atoms with E-state index in [1.807, 2.05) is 19.9 Å². The van der Waals surface area contributed by atoms with Gasteiger partial charge in [-0.05, 0) is 26.0 Å². The van der Waals surface area contributed by atoms with Gasteiger partial charge in [0.25, 0.3) is 5.91 Å². The topological polar surface area (TPSA) is 33.2 Å². The van der Waals surface area contributed by atoms with Crippen LogP contribution in [-0.2, 0) is 0 Å². The molecule has 14 heavy (non-hydrogen) atoms. The Kier molecular flexibility index (Phi) is 5.88. The highest BCUT2D eigenvalue weighted by Gasteiger charge is 2.12. The van der Waals surface area contributed by atoms with E-state index in [-0.39, 0.29) is 18.3 Å². The predicted molar refractivity (Wildman–Crippen MR) is 58.7 cm³/mol. The van der Waals surface area contributed by atoms with E-state index in [9.17, 15) is 4.79 Å². The molecule has 0 radical (unpaired) electrons. The molecule has 1 aromatic heterocycles. The molecule has 1 aromatic rings. The summed E-state index contributed by atoms with van der Waals surface area (Å²) in [7, 11) is 0. The first-order valence-electron chi connectivity index (χ1n) is 4.49. The molecule has 0 aliphatic heterocycles. The maximum absolute atomic E-state index is 11.7. The molecule has 0 aliphatic rings. The average Bonchev–Trinajstić information content (AvgIpc) is 2.21. The normalized spacial score (nSPS) is 9.00. The Morgan fingerprint density at radius 3 is 2.43 bits per heavy atom. The van der Waals surface area contributed by atoms with Crippen LogP contribution in [0.15, 0.2) is 24.4 Å². The van der Waals surface area contributed by atoms with E-state index in [2.05, 4.69) is 4.98 Å². The zero-order valence-corrected chi connectivity index (χ0v) is 9.25. The van der Waals surface area contributed by atoms with Crippen LogP contribution in [0.25, 0.3) is 0 Å². The fraction of sp³-hybridized carbons (Fsp3) is 0.400. The Morgan fingerprint density at radius 1 is 1.36 bits per heavy atom. The molecule has 0 aliphatic carbocycles. The number of nitrogens with zero attached hydrogens (tertiary/aromatic N) is 2. The molecule has 0 spiro atoms. The fourth-order valence-electron chi connectivity index (χ4n) is 1.16. The van der Waals surface area contributed by atoms with Gasteiger partial charge in [-0.1, -0.05) is 6.07 Å². The van der Waals surface area contributed by atoms with Gasteiger partial charge < -0.3 is 4.90 Å². The molecule has 1 heterocycles. The zero-order valence-electron chi connectivity index (χ0n) is 8.43. The van der Waals surface area contributed by atoms with Crippen molar-refractivity contribution >= 4 is 18.3 Å². The number of halogens is 1. The monoisotopic (exact) mass is 214 g/mol. The van der Waals surface area contributed by atoms with Crippen molar-refractivity contribution in [1.82, 2.24) is 9.88 Å². The number of carbonyl (C=O) groups is 1. The first kappa shape index (κ1) is 12.9. The molecule has 4 heteroatoms. The van der Waals surface area contributed by atoms with Crippen molar-refractivity contribution < 1.29 is 4.79 Å². The third-order valence-corrected chi connectivity index (χ3v) is 1.93. The van der Waals surface area contributed by atoms with Crippen molar-refractivity contribution in [2.45, 2.75) is 13.8 Å². The van der Waals surface area contributed by atoms with Gasteiger partial charge in [-0.25, -0.2) is 0 Å². The molecule has 78 valence electrons. The molecule has 1 rings (SSSR count). The highest BCUT2D eigenvalue weighted by Crippen LogP contribution is 2.00. The molecule has 0 atom stereocenters. The summed E-state index contributed by atoms with van der Waals surface area (Å²) in [6.45, 7) is 5.38.